The highest BCUT2D eigenvalue weighted by atomic mass is 31.2. The lowest BCUT2D eigenvalue weighted by molar-refractivity contribution is -0.241. The van der Waals surface area contributed by atoms with Crippen molar-refractivity contribution in [3.63, 3.8) is 0 Å². The molecule has 0 bridgehead atoms. The van der Waals surface area contributed by atoms with Crippen LogP contribution in [0.2, 0.25) is 0 Å². The molecule has 61 heavy (non-hydrogen) atoms. The molecule has 0 aliphatic heterocycles. The molecule has 0 radical (unpaired) electrons. The Morgan fingerprint density at radius 1 is 0.557 bits per heavy atom. The van der Waals surface area contributed by atoms with Crippen molar-refractivity contribution >= 4 is 53.1 Å². The molecule has 358 valence electrons. The van der Waals surface area contributed by atoms with Crippen molar-refractivity contribution in [3.8, 4) is 0 Å². The lowest BCUT2D eigenvalue weighted by atomic mass is 10.1. The number of carbonyl (C=O) groups excluding carboxylic acids is 3. The van der Waals surface area contributed by atoms with Crippen LogP contribution >= 0.6 is 23.5 Å². The first-order valence-corrected chi connectivity index (χ1v) is 24.6. The quantitative estimate of drug-likeness (QED) is 0.0132. The lowest BCUT2D eigenvalue weighted by Crippen LogP contribution is -2.39. The maximum atomic E-state index is 13.6. The molecule has 25 nitrogen and oxygen atoms in total. The van der Waals surface area contributed by atoms with Gasteiger partial charge in [0.25, 0.3) is 23.5 Å². The first-order valence-electron chi connectivity index (χ1n) is 20.2. The fourth-order valence-electron chi connectivity index (χ4n) is 5.39. The highest BCUT2D eigenvalue weighted by Gasteiger charge is 2.20. The number of aliphatic hydroxyl groups is 1. The number of hydrogen-bond acceptors (Lipinski definition) is 17. The molecule has 3 atom stereocenters. The molecule has 0 saturated heterocycles. The first-order chi connectivity index (χ1) is 28.8. The second-order valence-corrected chi connectivity index (χ2v) is 17.6. The number of aliphatic imine (C=N–C) groups is 2. The van der Waals surface area contributed by atoms with E-state index in [0.29, 0.717) is 71.2 Å². The molecule has 0 rings (SSSR count). The molecule has 0 heterocycles. The number of nitrogens with two attached hydrogens (primary N) is 4. The van der Waals surface area contributed by atoms with Crippen molar-refractivity contribution in [2.75, 3.05) is 72.6 Å². The van der Waals surface area contributed by atoms with Gasteiger partial charge >= 0.3 is 0 Å². The summed E-state index contributed by atoms with van der Waals surface area (Å²) in [5.74, 6) is -0.742. The number of aliphatic hydroxyl groups excluding tert-OH is 1. The number of amides is 3. The van der Waals surface area contributed by atoms with Crippen LogP contribution in [-0.2, 0) is 50.7 Å². The zero-order valence-electron chi connectivity index (χ0n) is 34.8. The number of nitrogens with one attached hydrogen (secondary N) is 1. The Morgan fingerprint density at radius 2 is 1.02 bits per heavy atom. The van der Waals surface area contributed by atoms with E-state index in [0.717, 1.165) is 38.5 Å². The average molecular weight is 939 g/mol. The van der Waals surface area contributed by atoms with E-state index < -0.39 is 37.1 Å². The number of carbonyl (C=O) groups is 3. The molecule has 0 aliphatic rings. The zero-order valence-corrected chi connectivity index (χ0v) is 37.5. The first kappa shape index (κ1) is 58.2. The molecular formula is C33H67N9O16P3-3. The zero-order chi connectivity index (χ0) is 46.0. The Labute approximate surface area is 357 Å². The topological polar surface area (TPSA) is 406 Å². The van der Waals surface area contributed by atoms with Crippen molar-refractivity contribution in [2.24, 2.45) is 32.9 Å². The Bertz CT molecular complexity index is 1440. The van der Waals surface area contributed by atoms with Gasteiger partial charge < -0.3 is 71.8 Å². The van der Waals surface area contributed by atoms with E-state index in [1.165, 1.54) is 0 Å². The van der Waals surface area contributed by atoms with Crippen molar-refractivity contribution in [3.05, 3.63) is 0 Å². The van der Waals surface area contributed by atoms with Gasteiger partial charge in [-0.1, -0.05) is 38.5 Å². The van der Waals surface area contributed by atoms with Crippen LogP contribution in [0.15, 0.2) is 9.98 Å². The van der Waals surface area contributed by atoms with Crippen LogP contribution in [0.4, 0.5) is 0 Å². The molecular weight excluding hydrogens is 871 g/mol. The van der Waals surface area contributed by atoms with E-state index in [9.17, 15) is 42.8 Å². The second-order valence-electron chi connectivity index (χ2n) is 13.6. The minimum Gasteiger partial charge on any atom is -0.756 e. The van der Waals surface area contributed by atoms with E-state index >= 15 is 0 Å². The fourth-order valence-corrected chi connectivity index (χ4v) is 6.83. The molecule has 3 amide bonds. The fraction of sp³-hybridized carbons (Fsp3) is 0.848. The Morgan fingerprint density at radius 3 is 1.54 bits per heavy atom. The molecule has 0 aromatic carbocycles. The summed E-state index contributed by atoms with van der Waals surface area (Å²) in [4.78, 5) is 93.0. The Hall–Kier alpha value is -2.76. The number of unbranched alkanes of at least 4 members (excludes halogenated alkanes) is 10. The molecule has 0 aromatic rings. The van der Waals surface area contributed by atoms with Gasteiger partial charge in [0, 0.05) is 65.1 Å². The highest BCUT2D eigenvalue weighted by molar-refractivity contribution is 7.46. The van der Waals surface area contributed by atoms with E-state index in [2.05, 4.69) is 37.9 Å². The predicted octanol–water partition coefficient (Wildman–Crippen LogP) is -0.674. The minimum absolute atomic E-state index is 0.00204. The van der Waals surface area contributed by atoms with Gasteiger partial charge in [-0.15, -0.1) is 0 Å². The number of phosphoric acid groups is 3. The molecule has 0 aromatic heterocycles. The lowest BCUT2D eigenvalue weighted by Gasteiger charge is -2.26. The van der Waals surface area contributed by atoms with Crippen LogP contribution in [0.3, 0.4) is 0 Å². The summed E-state index contributed by atoms with van der Waals surface area (Å²) in [7, 11) is -14.7. The Kier molecular flexibility index (Phi) is 33.1. The molecule has 0 spiro atoms. The number of guanidine groups is 2. The molecule has 3 unspecified atom stereocenters. The van der Waals surface area contributed by atoms with E-state index in [1.54, 1.807) is 9.80 Å². The molecule has 0 aliphatic carbocycles. The summed E-state index contributed by atoms with van der Waals surface area (Å²) in [6.45, 7) is -0.436. The smallest absolute Gasteiger partial charge is 0.270 e. The highest BCUT2D eigenvalue weighted by Crippen LogP contribution is 2.40. The van der Waals surface area contributed by atoms with E-state index in [4.69, 9.17) is 32.9 Å². The van der Waals surface area contributed by atoms with Crippen LogP contribution in [0.1, 0.15) is 109 Å². The third-order valence-corrected chi connectivity index (χ3v) is 10.8. The minimum atomic E-state index is -5.20. The van der Waals surface area contributed by atoms with Gasteiger partial charge in [0.2, 0.25) is 17.7 Å². The summed E-state index contributed by atoms with van der Waals surface area (Å²) >= 11 is 0. The standard InChI is InChI=1S/C33H70N9O16P3/c34-32(35)39-19-9-1-4-11-21-41(23-16-29(44)38-18-8-3-6-13-25-54-60(50,51)56-27-43)31(46)17-24-42(22-12-5-2-10-20-40-33(36)37)30(45)15-7-14-26-55-61(52,53)58-28-57-59(47,48)49/h43H,1-28H2,(H,38,44)(H,50,51)(H,52,53)(H4,34,35,39)(H4,36,37,40)(H2,47,48,49)/p-3. The second kappa shape index (κ2) is 34.7. The average Bonchev–Trinajstić information content (AvgIpc) is 3.16. The number of hydrogen-bond donors (Lipinski definition) is 7. The molecule has 11 N–H and O–H groups in total. The summed E-state index contributed by atoms with van der Waals surface area (Å²) in [5, 5.41) is 11.4. The van der Waals surface area contributed by atoms with Crippen LogP contribution in [0.5, 0.6) is 0 Å². The van der Waals surface area contributed by atoms with Gasteiger partial charge in [-0.3, -0.25) is 51.6 Å². The summed E-state index contributed by atoms with van der Waals surface area (Å²) < 4.78 is 55.0. The van der Waals surface area contributed by atoms with Gasteiger partial charge in [0.05, 0.1) is 13.2 Å². The molecule has 0 saturated carbocycles. The number of rotatable bonds is 40. The van der Waals surface area contributed by atoms with Crippen LogP contribution in [0.25, 0.3) is 0 Å². The van der Waals surface area contributed by atoms with Crippen molar-refractivity contribution in [2.45, 2.75) is 109 Å². The largest absolute Gasteiger partial charge is 0.756 e. The SMILES string of the molecule is NC(N)=NCCCCCCN(CCC(=O)NCCCCCCOP(=O)([O-])OCO)C(=O)CCN(CCCCCCN=C(N)N)C(=O)CCCCOP(=O)([O-])OCOP(=O)([O-])O. The van der Waals surface area contributed by atoms with Crippen LogP contribution < -0.4 is 42.9 Å². The van der Waals surface area contributed by atoms with Crippen molar-refractivity contribution in [1.29, 1.82) is 0 Å². The van der Waals surface area contributed by atoms with Crippen molar-refractivity contribution in [1.82, 2.24) is 15.1 Å². The maximum Gasteiger partial charge on any atom is 0.270 e. The van der Waals surface area contributed by atoms with Gasteiger partial charge in [-0.25, -0.2) is 0 Å². The van der Waals surface area contributed by atoms with Crippen molar-refractivity contribution < 1.29 is 75.4 Å². The monoisotopic (exact) mass is 938 g/mol. The number of phosphoric ester groups is 3. The molecule has 28 heteroatoms. The van der Waals surface area contributed by atoms with Crippen LogP contribution in [-0.4, -0.2) is 122 Å². The van der Waals surface area contributed by atoms with Gasteiger partial charge in [0.1, 0.15) is 0 Å². The van der Waals surface area contributed by atoms with E-state index in [-0.39, 0.29) is 88.0 Å². The Balaban J connectivity index is 5.26. The van der Waals surface area contributed by atoms with E-state index in [1.807, 2.05) is 0 Å². The van der Waals surface area contributed by atoms with Crippen LogP contribution in [0, 0.1) is 0 Å². The summed E-state index contributed by atoms with van der Waals surface area (Å²) in [5.41, 5.74) is 21.5. The number of nitrogens with zero attached hydrogens (tertiary/aromatic N) is 4. The molecule has 0 fully saturated rings. The van der Waals surface area contributed by atoms with Gasteiger partial charge in [0.15, 0.2) is 25.5 Å². The summed E-state index contributed by atoms with van der Waals surface area (Å²) in [6, 6.07) is 0. The predicted molar refractivity (Wildman–Crippen MR) is 218 cm³/mol. The van der Waals surface area contributed by atoms with Gasteiger partial charge in [-0.2, -0.15) is 0 Å². The third kappa shape index (κ3) is 37.5. The maximum absolute atomic E-state index is 13.6. The normalized spacial score (nSPS) is 14.2. The van der Waals surface area contributed by atoms with Gasteiger partial charge in [-0.05, 0) is 51.4 Å². The third-order valence-electron chi connectivity index (χ3n) is 8.49. The summed E-state index contributed by atoms with van der Waals surface area (Å²) in [6.07, 6.45) is 8.73.